The molecule has 1 aliphatic rings. The lowest BCUT2D eigenvalue weighted by atomic mass is 9.78. The molecule has 1 fully saturated rings. The number of aliphatic hydroxyl groups is 1. The first-order valence-electron chi connectivity index (χ1n) is 6.63. The fourth-order valence-corrected chi connectivity index (χ4v) is 2.51. The number of nitrogens with one attached hydrogen (secondary N) is 1. The van der Waals surface area contributed by atoms with Gasteiger partial charge in [0.15, 0.2) is 0 Å². The Morgan fingerprint density at radius 1 is 1.56 bits per heavy atom. The molecule has 0 bridgehead atoms. The average Bonchev–Trinajstić information content (AvgIpc) is 2.38. The number of hydrogen-bond acceptors (Lipinski definition) is 4. The Bertz CT molecular complexity index is 272. The summed E-state index contributed by atoms with van der Waals surface area (Å²) < 4.78 is 0. The maximum Gasteiger partial charge on any atom is 0.326 e. The maximum absolute atomic E-state index is 11.4. The van der Waals surface area contributed by atoms with Crippen LogP contribution in [0.15, 0.2) is 0 Å². The number of carboxylic acid groups (broad SMARTS) is 1. The van der Waals surface area contributed by atoms with Gasteiger partial charge in [-0.2, -0.15) is 0 Å². The van der Waals surface area contributed by atoms with E-state index in [2.05, 4.69) is 5.32 Å². The highest BCUT2D eigenvalue weighted by Gasteiger charge is 2.44. The zero-order valence-electron chi connectivity index (χ0n) is 10.8. The average molecular weight is 254 g/mol. The minimum absolute atomic E-state index is 0.0854. The summed E-state index contributed by atoms with van der Waals surface area (Å²) in [5.41, 5.74) is 4.38. The molecule has 6 heteroatoms. The van der Waals surface area contributed by atoms with Crippen molar-refractivity contribution in [3.63, 3.8) is 0 Å². The van der Waals surface area contributed by atoms with Gasteiger partial charge in [-0.25, -0.2) is 0 Å². The van der Waals surface area contributed by atoms with Crippen molar-refractivity contribution in [2.75, 3.05) is 13.1 Å². The third kappa shape index (κ3) is 3.70. The van der Waals surface area contributed by atoms with Gasteiger partial charge in [-0.15, -0.1) is 0 Å². The number of aliphatic hydroxyl groups excluding tert-OH is 1. The maximum atomic E-state index is 11.4. The summed E-state index contributed by atoms with van der Waals surface area (Å²) >= 11 is 0. The highest BCUT2D eigenvalue weighted by atomic mass is 16.4. The first-order chi connectivity index (χ1) is 8.52. The van der Waals surface area contributed by atoms with Crippen LogP contribution < -0.4 is 11.1 Å². The first-order valence-corrected chi connectivity index (χ1v) is 6.63. The molecule has 2 radical (unpaired) electrons. The Balaban J connectivity index is 2.65. The summed E-state index contributed by atoms with van der Waals surface area (Å²) in [5.74, 6) is -1.21. The molecule has 18 heavy (non-hydrogen) atoms. The third-order valence-electron chi connectivity index (χ3n) is 3.75. The lowest BCUT2D eigenvalue weighted by Crippen LogP contribution is -2.61. The van der Waals surface area contributed by atoms with Gasteiger partial charge in [-0.1, -0.05) is 19.2 Å². The van der Waals surface area contributed by atoms with Crippen molar-refractivity contribution in [1.29, 1.82) is 0 Å². The molecule has 3 atom stereocenters. The molecule has 0 amide bonds. The van der Waals surface area contributed by atoms with E-state index in [0.29, 0.717) is 19.3 Å². The second kappa shape index (κ2) is 7.11. The molecule has 0 aliphatic carbocycles. The van der Waals surface area contributed by atoms with E-state index in [0.717, 1.165) is 25.8 Å². The summed E-state index contributed by atoms with van der Waals surface area (Å²) in [6, 6.07) is 0. The largest absolute Gasteiger partial charge is 0.480 e. The van der Waals surface area contributed by atoms with Gasteiger partial charge in [0.2, 0.25) is 0 Å². The lowest BCUT2D eigenvalue weighted by Gasteiger charge is -2.37. The molecule has 1 saturated heterocycles. The van der Waals surface area contributed by atoms with Crippen LogP contribution in [0.5, 0.6) is 0 Å². The van der Waals surface area contributed by atoms with Gasteiger partial charge in [0.05, 0.1) is 14.0 Å². The Kier molecular flexibility index (Phi) is 6.12. The third-order valence-corrected chi connectivity index (χ3v) is 3.75. The van der Waals surface area contributed by atoms with Crippen LogP contribution in [0.3, 0.4) is 0 Å². The summed E-state index contributed by atoms with van der Waals surface area (Å²) in [7, 11) is 5.39. The fourth-order valence-electron chi connectivity index (χ4n) is 2.51. The Hall–Kier alpha value is -0.585. The minimum Gasteiger partial charge on any atom is -0.480 e. The van der Waals surface area contributed by atoms with Crippen molar-refractivity contribution in [1.82, 2.24) is 5.32 Å². The van der Waals surface area contributed by atoms with Crippen LogP contribution in [0.2, 0.25) is 6.32 Å². The van der Waals surface area contributed by atoms with Gasteiger partial charge in [-0.3, -0.25) is 4.79 Å². The Morgan fingerprint density at radius 3 is 2.78 bits per heavy atom. The van der Waals surface area contributed by atoms with Crippen LogP contribution in [-0.2, 0) is 4.79 Å². The zero-order valence-corrected chi connectivity index (χ0v) is 10.8. The van der Waals surface area contributed by atoms with Crippen LogP contribution in [0.4, 0.5) is 0 Å². The monoisotopic (exact) mass is 254 g/mol. The highest BCUT2D eigenvalue weighted by Crippen LogP contribution is 2.26. The number of carboxylic acids is 1. The smallest absolute Gasteiger partial charge is 0.326 e. The van der Waals surface area contributed by atoms with Crippen LogP contribution >= 0.6 is 0 Å². The van der Waals surface area contributed by atoms with E-state index >= 15 is 0 Å². The molecule has 0 spiro atoms. The molecule has 1 aliphatic heterocycles. The minimum atomic E-state index is -1.56. The van der Waals surface area contributed by atoms with Crippen molar-refractivity contribution in [3.8, 4) is 0 Å². The second-order valence-electron chi connectivity index (χ2n) is 5.14. The van der Waals surface area contributed by atoms with Gasteiger partial charge in [0.25, 0.3) is 0 Å². The van der Waals surface area contributed by atoms with Crippen molar-refractivity contribution >= 4 is 13.8 Å². The number of carbonyl (C=O) groups is 1. The normalized spacial score (nSPS) is 25.3. The fraction of sp³-hybridized carbons (Fsp3) is 0.917. The van der Waals surface area contributed by atoms with Crippen molar-refractivity contribution in [2.24, 2.45) is 11.7 Å². The van der Waals surface area contributed by atoms with E-state index < -0.39 is 17.6 Å². The van der Waals surface area contributed by atoms with Crippen LogP contribution in [0.1, 0.15) is 32.1 Å². The predicted molar refractivity (Wildman–Crippen MR) is 70.6 cm³/mol. The standard InChI is InChI=1S/C12H23BN2O3/c13-6-2-1-5-12(14,11(17)18)10(16)9-4-3-7-15-8-9/h9-10,15-16H,1-8,14H2,(H,17,18). The van der Waals surface area contributed by atoms with Crippen molar-refractivity contribution in [3.05, 3.63) is 0 Å². The molecule has 3 unspecified atom stereocenters. The molecule has 5 N–H and O–H groups in total. The van der Waals surface area contributed by atoms with Gasteiger partial charge in [0.1, 0.15) is 5.54 Å². The van der Waals surface area contributed by atoms with Gasteiger partial charge < -0.3 is 21.3 Å². The topological polar surface area (TPSA) is 95.6 Å². The Morgan fingerprint density at radius 2 is 2.28 bits per heavy atom. The number of nitrogens with two attached hydrogens (primary N) is 1. The molecule has 102 valence electrons. The highest BCUT2D eigenvalue weighted by molar-refractivity contribution is 6.08. The zero-order chi connectivity index (χ0) is 13.6. The molecule has 0 saturated carbocycles. The molecular weight excluding hydrogens is 231 g/mol. The second-order valence-corrected chi connectivity index (χ2v) is 5.14. The predicted octanol–water partition coefficient (Wildman–Crippen LogP) is -0.114. The van der Waals surface area contributed by atoms with E-state index in [1.165, 1.54) is 0 Å². The van der Waals surface area contributed by atoms with Crippen LogP contribution in [0.25, 0.3) is 0 Å². The van der Waals surface area contributed by atoms with E-state index in [4.69, 9.17) is 13.6 Å². The van der Waals surface area contributed by atoms with E-state index in [1.54, 1.807) is 0 Å². The summed E-state index contributed by atoms with van der Waals surface area (Å²) in [5, 5.41) is 22.7. The number of hydrogen-bond donors (Lipinski definition) is 4. The van der Waals surface area contributed by atoms with Crippen molar-refractivity contribution in [2.45, 2.75) is 50.1 Å². The molecular formula is C12H23BN2O3. The number of rotatable bonds is 7. The van der Waals surface area contributed by atoms with Gasteiger partial charge in [-0.05, 0) is 31.7 Å². The lowest BCUT2D eigenvalue weighted by molar-refractivity contribution is -0.150. The summed E-state index contributed by atoms with van der Waals surface area (Å²) in [4.78, 5) is 11.4. The molecule has 5 nitrogen and oxygen atoms in total. The number of unbranched alkanes of at least 4 members (excludes halogenated alkanes) is 1. The number of piperidine rings is 1. The van der Waals surface area contributed by atoms with Crippen molar-refractivity contribution < 1.29 is 15.0 Å². The number of aliphatic carboxylic acids is 1. The molecule has 0 aromatic carbocycles. The molecule has 1 rings (SSSR count). The van der Waals surface area contributed by atoms with Gasteiger partial charge >= 0.3 is 5.97 Å². The Labute approximate surface area is 110 Å². The quantitative estimate of drug-likeness (QED) is 0.375. The van der Waals surface area contributed by atoms with E-state index in [9.17, 15) is 15.0 Å². The molecule has 0 aromatic rings. The summed E-state index contributed by atoms with van der Waals surface area (Å²) in [6.45, 7) is 1.55. The van der Waals surface area contributed by atoms with Crippen LogP contribution in [0, 0.1) is 5.92 Å². The van der Waals surface area contributed by atoms with E-state index in [-0.39, 0.29) is 12.3 Å². The molecule has 0 aromatic heterocycles. The molecule has 1 heterocycles. The van der Waals surface area contributed by atoms with Crippen LogP contribution in [-0.4, -0.2) is 48.8 Å². The van der Waals surface area contributed by atoms with Gasteiger partial charge in [0, 0.05) is 6.54 Å². The summed E-state index contributed by atoms with van der Waals surface area (Å²) in [6.07, 6.45) is 2.87. The first kappa shape index (κ1) is 15.5. The van der Waals surface area contributed by atoms with E-state index in [1.807, 2.05) is 0 Å². The SMILES string of the molecule is [B]CCCCC(N)(C(=O)O)C(O)C1CCCNC1.